The van der Waals surface area contributed by atoms with Crippen LogP contribution in [0.5, 0.6) is 0 Å². The molecule has 0 bridgehead atoms. The maximum Gasteiger partial charge on any atom is 0.261 e. The summed E-state index contributed by atoms with van der Waals surface area (Å²) in [5.41, 5.74) is 8.80. The number of nitrogens with zero attached hydrogens (tertiary/aromatic N) is 4. The smallest absolute Gasteiger partial charge is 0.261 e. The lowest BCUT2D eigenvalue weighted by molar-refractivity contribution is -0.150. The second kappa shape index (κ2) is 9.72. The van der Waals surface area contributed by atoms with Crippen molar-refractivity contribution in [2.75, 3.05) is 31.6 Å². The van der Waals surface area contributed by atoms with Crippen molar-refractivity contribution in [1.29, 1.82) is 0 Å². The molecule has 4 aromatic rings. The van der Waals surface area contributed by atoms with Gasteiger partial charge >= 0.3 is 0 Å². The number of ether oxygens (including phenoxy) is 1. The van der Waals surface area contributed by atoms with Crippen molar-refractivity contribution in [1.82, 2.24) is 15.2 Å². The van der Waals surface area contributed by atoms with Gasteiger partial charge in [-0.25, -0.2) is 4.39 Å². The summed E-state index contributed by atoms with van der Waals surface area (Å²) in [5, 5.41) is 8.02. The fourth-order valence-corrected chi connectivity index (χ4v) is 4.19. The summed E-state index contributed by atoms with van der Waals surface area (Å²) in [4.78, 5) is 16.0. The number of furan rings is 1. The van der Waals surface area contributed by atoms with Gasteiger partial charge in [0.1, 0.15) is 29.5 Å². The first-order valence-corrected chi connectivity index (χ1v) is 11.0. The number of nitrogens with two attached hydrogens (primary N) is 1. The largest absolute Gasteiger partial charge is 0.466 e. The number of aromatic nitrogens is 2. The van der Waals surface area contributed by atoms with Gasteiger partial charge in [-0.2, -0.15) is 0 Å². The molecule has 0 saturated carbocycles. The molecule has 1 aromatic carbocycles. The van der Waals surface area contributed by atoms with Crippen molar-refractivity contribution in [2.24, 2.45) is 5.73 Å². The number of hydrogen-bond donors (Lipinski definition) is 1. The monoisotopic (exact) mass is 481 g/mol. The predicted octanol–water partition coefficient (Wildman–Crippen LogP) is 3.30. The first kappa shape index (κ1) is 22.8. The highest BCUT2D eigenvalue weighted by atomic mass is 19.1. The van der Waals surface area contributed by atoms with Gasteiger partial charge in [-0.1, -0.05) is 28.5 Å². The Kier molecular flexibility index (Phi) is 6.34. The molecule has 0 aliphatic carbocycles. The highest BCUT2D eigenvalue weighted by Gasteiger charge is 2.36. The highest BCUT2D eigenvalue weighted by molar-refractivity contribution is 5.82. The first-order valence-electron chi connectivity index (χ1n) is 11.0. The standard InChI is InChI=1S/C24H24FN5O5/c1-32-23(19-7-4-11-33-19)24(31)30-10-9-29(14-21(30)25)18-6-3-2-5-15(18)17-13-20(35-28-17)22(26)16-8-12-34-27-16/h2-8,11-13,21-23H,9-10,14,26H2,1H3. The van der Waals surface area contributed by atoms with Gasteiger partial charge in [-0.3, -0.25) is 4.79 Å². The minimum absolute atomic E-state index is 0.0134. The maximum absolute atomic E-state index is 15.3. The Morgan fingerprint density at radius 1 is 1.14 bits per heavy atom. The number of amides is 1. The normalized spacial score (nSPS) is 18.0. The number of carbonyl (C=O) groups excluding carboxylic acids is 1. The quantitative estimate of drug-likeness (QED) is 0.396. The van der Waals surface area contributed by atoms with Crippen molar-refractivity contribution in [3.8, 4) is 11.3 Å². The van der Waals surface area contributed by atoms with Crippen molar-refractivity contribution >= 4 is 11.6 Å². The Labute approximate surface area is 200 Å². The lowest BCUT2D eigenvalue weighted by Gasteiger charge is -2.40. The zero-order valence-electron chi connectivity index (χ0n) is 18.9. The van der Waals surface area contributed by atoms with E-state index >= 15 is 4.39 Å². The van der Waals surface area contributed by atoms with Crippen LogP contribution in [0.15, 0.2) is 74.5 Å². The Bertz CT molecular complexity index is 1260. The summed E-state index contributed by atoms with van der Waals surface area (Å²) in [6, 6.07) is 13.5. The molecule has 10 nitrogen and oxygen atoms in total. The van der Waals surface area contributed by atoms with E-state index in [2.05, 4.69) is 10.3 Å². The molecule has 1 fully saturated rings. The molecule has 4 heterocycles. The summed E-state index contributed by atoms with van der Waals surface area (Å²) in [6.07, 6.45) is 0.350. The van der Waals surface area contributed by atoms with Crippen LogP contribution in [0.4, 0.5) is 10.1 Å². The number of rotatable bonds is 7. The second-order valence-corrected chi connectivity index (χ2v) is 8.08. The van der Waals surface area contributed by atoms with E-state index in [1.54, 1.807) is 24.3 Å². The van der Waals surface area contributed by atoms with Crippen LogP contribution in [0.25, 0.3) is 11.3 Å². The van der Waals surface area contributed by atoms with Gasteiger partial charge in [0, 0.05) is 43.6 Å². The lowest BCUT2D eigenvalue weighted by atomic mass is 10.1. The lowest BCUT2D eigenvalue weighted by Crippen LogP contribution is -2.54. The molecule has 0 spiro atoms. The summed E-state index contributed by atoms with van der Waals surface area (Å²) < 4.78 is 36.2. The highest BCUT2D eigenvalue weighted by Crippen LogP contribution is 2.34. The van der Waals surface area contributed by atoms with E-state index in [0.717, 1.165) is 11.3 Å². The van der Waals surface area contributed by atoms with E-state index in [-0.39, 0.29) is 13.1 Å². The summed E-state index contributed by atoms with van der Waals surface area (Å²) in [7, 11) is 1.39. The van der Waals surface area contributed by atoms with Crippen LogP contribution in [-0.2, 0) is 9.53 Å². The zero-order valence-corrected chi connectivity index (χ0v) is 18.9. The van der Waals surface area contributed by atoms with Gasteiger partial charge in [0.25, 0.3) is 5.91 Å². The van der Waals surface area contributed by atoms with Crippen molar-refractivity contribution < 1.29 is 27.4 Å². The van der Waals surface area contributed by atoms with Gasteiger partial charge in [0.05, 0.1) is 12.8 Å². The van der Waals surface area contributed by atoms with E-state index in [1.807, 2.05) is 29.2 Å². The van der Waals surface area contributed by atoms with Crippen LogP contribution in [0, 0.1) is 0 Å². The van der Waals surface area contributed by atoms with Crippen LogP contribution < -0.4 is 10.6 Å². The molecule has 1 aliphatic rings. The van der Waals surface area contributed by atoms with E-state index in [9.17, 15) is 4.79 Å². The first-order chi connectivity index (χ1) is 17.1. The van der Waals surface area contributed by atoms with Crippen LogP contribution in [0.2, 0.25) is 0 Å². The molecule has 1 saturated heterocycles. The van der Waals surface area contributed by atoms with Gasteiger partial charge in [0.15, 0.2) is 18.2 Å². The van der Waals surface area contributed by atoms with Crippen molar-refractivity contribution in [3.05, 3.63) is 78.3 Å². The molecule has 1 amide bonds. The SMILES string of the molecule is COC(C(=O)N1CCN(c2ccccc2-c2cc(C(N)c3ccon3)on2)CC1F)c1ccco1. The number of halogens is 1. The van der Waals surface area contributed by atoms with E-state index in [1.165, 1.54) is 24.5 Å². The number of anilines is 1. The maximum atomic E-state index is 15.3. The third-order valence-corrected chi connectivity index (χ3v) is 6.00. The minimum atomic E-state index is -1.54. The average molecular weight is 481 g/mol. The van der Waals surface area contributed by atoms with E-state index < -0.39 is 24.3 Å². The summed E-state index contributed by atoms with van der Waals surface area (Å²) >= 11 is 0. The molecule has 11 heteroatoms. The Balaban J connectivity index is 1.33. The predicted molar refractivity (Wildman–Crippen MR) is 122 cm³/mol. The Morgan fingerprint density at radius 2 is 2.00 bits per heavy atom. The molecular weight excluding hydrogens is 457 g/mol. The molecule has 3 unspecified atom stereocenters. The number of methoxy groups -OCH3 is 1. The zero-order chi connectivity index (χ0) is 24.4. The third-order valence-electron chi connectivity index (χ3n) is 6.00. The topological polar surface area (TPSA) is 124 Å². The van der Waals surface area contributed by atoms with Gasteiger partial charge in [-0.05, 0) is 18.2 Å². The fourth-order valence-electron chi connectivity index (χ4n) is 4.19. The summed E-state index contributed by atoms with van der Waals surface area (Å²) in [6.45, 7) is 0.581. The molecule has 182 valence electrons. The number of piperazine rings is 1. The van der Waals surface area contributed by atoms with Crippen LogP contribution in [0.1, 0.15) is 29.4 Å². The molecule has 1 aliphatic heterocycles. The number of alkyl halides is 1. The van der Waals surface area contributed by atoms with Gasteiger partial charge in [0.2, 0.25) is 0 Å². The van der Waals surface area contributed by atoms with Crippen LogP contribution in [-0.4, -0.2) is 54.2 Å². The second-order valence-electron chi connectivity index (χ2n) is 8.08. The third kappa shape index (κ3) is 4.43. The number of carbonyl (C=O) groups is 1. The molecule has 3 aromatic heterocycles. The molecule has 5 rings (SSSR count). The fraction of sp³-hybridized carbons (Fsp3) is 0.292. The molecule has 2 N–H and O–H groups in total. The Hall–Kier alpha value is -3.96. The van der Waals surface area contributed by atoms with Crippen LogP contribution >= 0.6 is 0 Å². The minimum Gasteiger partial charge on any atom is -0.466 e. The average Bonchev–Trinajstić information content (AvgIpc) is 3.67. The number of hydrogen-bond acceptors (Lipinski definition) is 9. The van der Waals surface area contributed by atoms with Gasteiger partial charge in [-0.15, -0.1) is 0 Å². The van der Waals surface area contributed by atoms with Crippen LogP contribution in [0.3, 0.4) is 0 Å². The van der Waals surface area contributed by atoms with E-state index in [0.29, 0.717) is 29.5 Å². The van der Waals surface area contributed by atoms with E-state index in [4.69, 9.17) is 23.9 Å². The number of benzene rings is 1. The molecule has 3 atom stereocenters. The van der Waals surface area contributed by atoms with Gasteiger partial charge < -0.3 is 33.7 Å². The Morgan fingerprint density at radius 3 is 2.71 bits per heavy atom. The number of para-hydroxylation sites is 1. The molecular formula is C24H24FN5O5. The van der Waals surface area contributed by atoms with Crippen molar-refractivity contribution in [2.45, 2.75) is 18.4 Å². The molecule has 35 heavy (non-hydrogen) atoms. The summed E-state index contributed by atoms with van der Waals surface area (Å²) in [5.74, 6) is 0.278. The molecule has 0 radical (unpaired) electrons. The van der Waals surface area contributed by atoms with Crippen molar-refractivity contribution in [3.63, 3.8) is 0 Å².